The number of hydrogen-bond acceptors (Lipinski definition) is 3. The molecule has 0 saturated heterocycles. The lowest BCUT2D eigenvalue weighted by atomic mass is 10.1. The Bertz CT molecular complexity index is 782. The van der Waals surface area contributed by atoms with Gasteiger partial charge in [-0.15, -0.1) is 11.3 Å². The van der Waals surface area contributed by atoms with Crippen LogP contribution in [-0.4, -0.2) is 4.98 Å². The van der Waals surface area contributed by atoms with Gasteiger partial charge in [-0.3, -0.25) is 0 Å². The van der Waals surface area contributed by atoms with Crippen LogP contribution in [0.25, 0.3) is 10.6 Å². The van der Waals surface area contributed by atoms with Gasteiger partial charge in [0.1, 0.15) is 5.01 Å². The molecule has 1 aromatic heterocycles. The molecule has 24 heavy (non-hydrogen) atoms. The minimum Gasteiger partial charge on any atom is -0.370 e. The van der Waals surface area contributed by atoms with Crippen LogP contribution in [0.3, 0.4) is 0 Å². The van der Waals surface area contributed by atoms with Gasteiger partial charge < -0.3 is 4.74 Å². The topological polar surface area (TPSA) is 22.1 Å². The van der Waals surface area contributed by atoms with Crippen LogP contribution in [0, 0.1) is 0 Å². The van der Waals surface area contributed by atoms with E-state index in [0.29, 0.717) is 23.8 Å². The zero-order chi connectivity index (χ0) is 17.0. The van der Waals surface area contributed by atoms with E-state index in [-0.39, 0.29) is 0 Å². The van der Waals surface area contributed by atoms with E-state index in [1.54, 1.807) is 0 Å². The van der Waals surface area contributed by atoms with Crippen molar-refractivity contribution in [3.05, 3.63) is 76.8 Å². The van der Waals surface area contributed by atoms with Crippen molar-refractivity contribution in [2.75, 3.05) is 0 Å². The van der Waals surface area contributed by atoms with E-state index in [0.717, 1.165) is 23.4 Å². The second-order valence-corrected chi connectivity index (χ2v) is 6.06. The number of benzene rings is 2. The summed E-state index contributed by atoms with van der Waals surface area (Å²) in [7, 11) is 0. The summed E-state index contributed by atoms with van der Waals surface area (Å²) in [6, 6.07) is 14.8. The van der Waals surface area contributed by atoms with Crippen molar-refractivity contribution in [2.24, 2.45) is 0 Å². The molecule has 2 aromatic carbocycles. The number of aromatic nitrogens is 1. The molecule has 0 spiro atoms. The van der Waals surface area contributed by atoms with Gasteiger partial charge in [-0.1, -0.05) is 42.5 Å². The number of halogens is 3. The largest absolute Gasteiger partial charge is 0.416 e. The summed E-state index contributed by atoms with van der Waals surface area (Å²) in [5.74, 6) is 0. The molecule has 0 unspecified atom stereocenters. The van der Waals surface area contributed by atoms with E-state index < -0.39 is 11.7 Å². The van der Waals surface area contributed by atoms with Gasteiger partial charge in [0.05, 0.1) is 24.5 Å². The van der Waals surface area contributed by atoms with Crippen LogP contribution in [0.2, 0.25) is 0 Å². The molecule has 0 N–H and O–H groups in total. The first-order chi connectivity index (χ1) is 11.5. The van der Waals surface area contributed by atoms with Crippen LogP contribution in [0.1, 0.15) is 16.8 Å². The Morgan fingerprint density at radius 2 is 1.62 bits per heavy atom. The minimum atomic E-state index is -4.32. The molecule has 124 valence electrons. The molecule has 0 aliphatic carbocycles. The lowest BCUT2D eigenvalue weighted by molar-refractivity contribution is -0.137. The lowest BCUT2D eigenvalue weighted by Gasteiger charge is -2.06. The van der Waals surface area contributed by atoms with Gasteiger partial charge in [0.15, 0.2) is 0 Å². The summed E-state index contributed by atoms with van der Waals surface area (Å²) in [5, 5.41) is 2.54. The standard InChI is InChI=1S/C18H14F3NOS/c19-18(20,21)15-8-6-14(7-9-15)17-22-16(12-24-17)11-23-10-13-4-2-1-3-5-13/h1-9,12H,10-11H2. The van der Waals surface area contributed by atoms with Crippen LogP contribution in [0.5, 0.6) is 0 Å². The molecule has 0 atom stereocenters. The van der Waals surface area contributed by atoms with Crippen molar-refractivity contribution in [1.82, 2.24) is 4.98 Å². The van der Waals surface area contributed by atoms with Gasteiger partial charge in [0.2, 0.25) is 0 Å². The van der Waals surface area contributed by atoms with Crippen LogP contribution < -0.4 is 0 Å². The van der Waals surface area contributed by atoms with Crippen molar-refractivity contribution >= 4 is 11.3 Å². The van der Waals surface area contributed by atoms with Crippen molar-refractivity contribution in [1.29, 1.82) is 0 Å². The monoisotopic (exact) mass is 349 g/mol. The summed E-state index contributed by atoms with van der Waals surface area (Å²) in [6.45, 7) is 0.861. The molecule has 0 amide bonds. The highest BCUT2D eigenvalue weighted by molar-refractivity contribution is 7.13. The predicted octanol–water partition coefficient (Wildman–Crippen LogP) is 5.55. The first kappa shape index (κ1) is 16.7. The van der Waals surface area contributed by atoms with E-state index in [2.05, 4.69) is 4.98 Å². The van der Waals surface area contributed by atoms with Gasteiger partial charge in [-0.2, -0.15) is 13.2 Å². The van der Waals surface area contributed by atoms with Crippen LogP contribution in [0.4, 0.5) is 13.2 Å². The van der Waals surface area contributed by atoms with Crippen LogP contribution >= 0.6 is 11.3 Å². The smallest absolute Gasteiger partial charge is 0.370 e. The fourth-order valence-corrected chi connectivity index (χ4v) is 2.97. The zero-order valence-electron chi connectivity index (χ0n) is 12.6. The van der Waals surface area contributed by atoms with Gasteiger partial charge in [0.25, 0.3) is 0 Å². The molecule has 0 bridgehead atoms. The number of thiazole rings is 1. The van der Waals surface area contributed by atoms with Gasteiger partial charge in [0, 0.05) is 10.9 Å². The van der Waals surface area contributed by atoms with E-state index in [1.165, 1.54) is 23.5 Å². The molecule has 1 heterocycles. The fraction of sp³-hybridized carbons (Fsp3) is 0.167. The van der Waals surface area contributed by atoms with Gasteiger partial charge in [-0.25, -0.2) is 4.98 Å². The van der Waals surface area contributed by atoms with Crippen LogP contribution in [0.15, 0.2) is 60.0 Å². The van der Waals surface area contributed by atoms with E-state index in [9.17, 15) is 13.2 Å². The highest BCUT2D eigenvalue weighted by atomic mass is 32.1. The second kappa shape index (κ2) is 7.15. The maximum Gasteiger partial charge on any atom is 0.416 e. The Morgan fingerprint density at radius 3 is 2.29 bits per heavy atom. The molecule has 0 aliphatic rings. The summed E-state index contributed by atoms with van der Waals surface area (Å²) in [5.41, 5.74) is 1.86. The third-order valence-electron chi connectivity index (χ3n) is 3.37. The molecule has 3 aromatic rings. The number of hydrogen-bond donors (Lipinski definition) is 0. The van der Waals surface area contributed by atoms with Crippen molar-refractivity contribution in [3.8, 4) is 10.6 Å². The maximum absolute atomic E-state index is 12.6. The summed E-state index contributed by atoms with van der Waals surface area (Å²) in [4.78, 5) is 4.42. The fourth-order valence-electron chi connectivity index (χ4n) is 2.16. The number of rotatable bonds is 5. The summed E-state index contributed by atoms with van der Waals surface area (Å²) >= 11 is 1.39. The normalized spacial score (nSPS) is 11.6. The van der Waals surface area contributed by atoms with Crippen molar-refractivity contribution in [2.45, 2.75) is 19.4 Å². The SMILES string of the molecule is FC(F)(F)c1ccc(-c2nc(COCc3ccccc3)cs2)cc1. The molecule has 0 fully saturated rings. The van der Waals surface area contributed by atoms with Gasteiger partial charge >= 0.3 is 6.18 Å². The minimum absolute atomic E-state index is 0.367. The average Bonchev–Trinajstić information content (AvgIpc) is 3.04. The molecule has 0 aliphatic heterocycles. The number of alkyl halides is 3. The molecular formula is C18H14F3NOS. The molecule has 3 rings (SSSR count). The first-order valence-corrected chi connectivity index (χ1v) is 8.14. The number of ether oxygens (including phenoxy) is 1. The average molecular weight is 349 g/mol. The quantitative estimate of drug-likeness (QED) is 0.603. The van der Waals surface area contributed by atoms with Crippen LogP contribution in [-0.2, 0) is 24.1 Å². The Balaban J connectivity index is 1.61. The zero-order valence-corrected chi connectivity index (χ0v) is 13.4. The van der Waals surface area contributed by atoms with Gasteiger partial charge in [-0.05, 0) is 17.7 Å². The molecule has 2 nitrogen and oxygen atoms in total. The van der Waals surface area contributed by atoms with Crippen molar-refractivity contribution in [3.63, 3.8) is 0 Å². The third-order valence-corrected chi connectivity index (χ3v) is 4.31. The Labute approximate surface area is 141 Å². The third kappa shape index (κ3) is 4.21. The molecular weight excluding hydrogens is 335 g/mol. The first-order valence-electron chi connectivity index (χ1n) is 7.26. The van der Waals surface area contributed by atoms with E-state index in [1.807, 2.05) is 35.7 Å². The highest BCUT2D eigenvalue weighted by Crippen LogP contribution is 2.31. The lowest BCUT2D eigenvalue weighted by Crippen LogP contribution is -2.03. The second-order valence-electron chi connectivity index (χ2n) is 5.20. The van der Waals surface area contributed by atoms with E-state index >= 15 is 0 Å². The molecule has 0 radical (unpaired) electrons. The maximum atomic E-state index is 12.6. The Morgan fingerprint density at radius 1 is 0.917 bits per heavy atom. The number of nitrogens with zero attached hydrogens (tertiary/aromatic N) is 1. The highest BCUT2D eigenvalue weighted by Gasteiger charge is 2.30. The summed E-state index contributed by atoms with van der Waals surface area (Å²) < 4.78 is 43.3. The predicted molar refractivity (Wildman–Crippen MR) is 87.5 cm³/mol. The summed E-state index contributed by atoms with van der Waals surface area (Å²) in [6.07, 6.45) is -4.32. The molecule has 6 heteroatoms. The Hall–Kier alpha value is -2.18. The Kier molecular flexibility index (Phi) is 4.97. The molecule has 0 saturated carbocycles. The van der Waals surface area contributed by atoms with Crippen molar-refractivity contribution < 1.29 is 17.9 Å². The van der Waals surface area contributed by atoms with E-state index in [4.69, 9.17) is 4.74 Å².